The van der Waals surface area contributed by atoms with Crippen LogP contribution in [0.3, 0.4) is 0 Å². The molecule has 1 fully saturated rings. The maximum absolute atomic E-state index is 8.47. The molecule has 0 heterocycles. The quantitative estimate of drug-likeness (QED) is 0.235. The summed E-state index contributed by atoms with van der Waals surface area (Å²) in [6.07, 6.45) is 7.42. The highest BCUT2D eigenvalue weighted by Gasteiger charge is 2.33. The smallest absolute Gasteiger partial charge is 0.142 e. The topological polar surface area (TPSA) is 58.6 Å². The number of hydrogen-bond acceptors (Lipinski definition) is 2. The first kappa shape index (κ1) is 10.6. The molecule has 3 nitrogen and oxygen atoms in total. The van der Waals surface area contributed by atoms with Crippen LogP contribution in [-0.4, -0.2) is 11.0 Å². The third-order valence-electron chi connectivity index (χ3n) is 2.69. The van der Waals surface area contributed by atoms with Crippen molar-refractivity contribution < 1.29 is 5.21 Å². The van der Waals surface area contributed by atoms with Crippen LogP contribution in [0.4, 0.5) is 0 Å². The van der Waals surface area contributed by atoms with E-state index in [9.17, 15) is 0 Å². The molecule has 1 saturated carbocycles. The second-order valence-corrected chi connectivity index (χ2v) is 3.50. The minimum absolute atomic E-state index is 0.221. The third-order valence-corrected chi connectivity index (χ3v) is 2.69. The lowest BCUT2D eigenvalue weighted by atomic mass is 9.70. The maximum atomic E-state index is 8.47. The number of amidine groups is 1. The summed E-state index contributed by atoms with van der Waals surface area (Å²) in [4.78, 5) is 0. The molecule has 0 unspecified atom stereocenters. The van der Waals surface area contributed by atoms with Crippen LogP contribution in [-0.2, 0) is 0 Å². The SMILES string of the molecule is C=C/C=C(\C=C)C1CC(/C(N)=N/O)C1. The van der Waals surface area contributed by atoms with Crippen molar-refractivity contribution in [2.75, 3.05) is 0 Å². The van der Waals surface area contributed by atoms with Crippen molar-refractivity contribution in [2.24, 2.45) is 22.7 Å². The van der Waals surface area contributed by atoms with Gasteiger partial charge in [-0.15, -0.1) is 0 Å². The molecule has 0 aromatic heterocycles. The summed E-state index contributed by atoms with van der Waals surface area (Å²) in [5.74, 6) is 1.04. The zero-order valence-electron chi connectivity index (χ0n) is 8.19. The van der Waals surface area contributed by atoms with Crippen LogP contribution in [0.5, 0.6) is 0 Å². The van der Waals surface area contributed by atoms with Gasteiger partial charge in [0.25, 0.3) is 0 Å². The first-order chi connectivity index (χ1) is 6.72. The van der Waals surface area contributed by atoms with E-state index in [1.54, 1.807) is 6.08 Å². The highest BCUT2D eigenvalue weighted by Crippen LogP contribution is 2.39. The number of allylic oxidation sites excluding steroid dienone is 4. The molecule has 0 amide bonds. The molecule has 1 aliphatic rings. The van der Waals surface area contributed by atoms with Crippen LogP contribution in [0.2, 0.25) is 0 Å². The molecule has 0 atom stereocenters. The average molecular weight is 192 g/mol. The van der Waals surface area contributed by atoms with Gasteiger partial charge in [0.05, 0.1) is 0 Å². The molecule has 0 bridgehead atoms. The summed E-state index contributed by atoms with van der Waals surface area (Å²) in [7, 11) is 0. The Labute approximate surface area is 84.3 Å². The molecule has 76 valence electrons. The van der Waals surface area contributed by atoms with Crippen molar-refractivity contribution in [3.8, 4) is 0 Å². The van der Waals surface area contributed by atoms with Gasteiger partial charge in [-0.3, -0.25) is 0 Å². The van der Waals surface area contributed by atoms with E-state index < -0.39 is 0 Å². The van der Waals surface area contributed by atoms with Gasteiger partial charge in [-0.05, 0) is 24.3 Å². The van der Waals surface area contributed by atoms with Crippen LogP contribution in [0.1, 0.15) is 12.8 Å². The molecular formula is C11H16N2O. The van der Waals surface area contributed by atoms with Crippen LogP contribution in [0, 0.1) is 11.8 Å². The number of hydrogen-bond donors (Lipinski definition) is 2. The molecule has 0 radical (unpaired) electrons. The van der Waals surface area contributed by atoms with E-state index in [2.05, 4.69) is 18.3 Å². The maximum Gasteiger partial charge on any atom is 0.142 e. The minimum Gasteiger partial charge on any atom is -0.409 e. The van der Waals surface area contributed by atoms with Gasteiger partial charge in [0.2, 0.25) is 0 Å². The fraction of sp³-hybridized carbons (Fsp3) is 0.364. The zero-order chi connectivity index (χ0) is 10.6. The molecule has 0 aromatic carbocycles. The molecule has 1 rings (SSSR count). The van der Waals surface area contributed by atoms with Crippen LogP contribution >= 0.6 is 0 Å². The second-order valence-electron chi connectivity index (χ2n) is 3.50. The van der Waals surface area contributed by atoms with Gasteiger partial charge < -0.3 is 10.9 Å². The second kappa shape index (κ2) is 4.65. The summed E-state index contributed by atoms with van der Waals surface area (Å²) in [6, 6.07) is 0. The predicted octanol–water partition coefficient (Wildman–Crippen LogP) is 2.06. The Morgan fingerprint density at radius 3 is 2.43 bits per heavy atom. The van der Waals surface area contributed by atoms with Crippen LogP contribution < -0.4 is 5.73 Å². The lowest BCUT2D eigenvalue weighted by Gasteiger charge is -2.35. The summed E-state index contributed by atoms with van der Waals surface area (Å²) < 4.78 is 0. The Hall–Kier alpha value is -1.51. The minimum atomic E-state index is 0.221. The summed E-state index contributed by atoms with van der Waals surface area (Å²) in [5, 5.41) is 11.5. The first-order valence-electron chi connectivity index (χ1n) is 4.65. The number of nitrogens with zero attached hydrogens (tertiary/aromatic N) is 1. The molecule has 14 heavy (non-hydrogen) atoms. The fourth-order valence-electron chi connectivity index (χ4n) is 1.72. The lowest BCUT2D eigenvalue weighted by Crippen LogP contribution is -2.35. The van der Waals surface area contributed by atoms with Crippen molar-refractivity contribution in [1.82, 2.24) is 0 Å². The van der Waals surface area contributed by atoms with Crippen molar-refractivity contribution in [2.45, 2.75) is 12.8 Å². The highest BCUT2D eigenvalue weighted by atomic mass is 16.4. The van der Waals surface area contributed by atoms with Gasteiger partial charge in [0.1, 0.15) is 5.84 Å². The molecule has 0 spiro atoms. The third kappa shape index (κ3) is 2.05. The average Bonchev–Trinajstić information content (AvgIpc) is 2.13. The number of nitrogens with two attached hydrogens (primary N) is 1. The van der Waals surface area contributed by atoms with Gasteiger partial charge in [-0.1, -0.05) is 36.5 Å². The first-order valence-corrected chi connectivity index (χ1v) is 4.65. The van der Waals surface area contributed by atoms with Crippen LogP contribution in [0.25, 0.3) is 0 Å². The molecular weight excluding hydrogens is 176 g/mol. The van der Waals surface area contributed by atoms with Gasteiger partial charge in [0, 0.05) is 5.92 Å². The number of rotatable bonds is 4. The largest absolute Gasteiger partial charge is 0.409 e. The standard InChI is InChI=1S/C11H16N2O/c1-3-5-8(4-2)9-6-10(7-9)11(12)13-14/h3-5,9-10,14H,1-2,6-7H2,(H2,12,13)/b8-5+. The normalized spacial score (nSPS) is 28.0. The Morgan fingerprint density at radius 1 is 1.36 bits per heavy atom. The van der Waals surface area contributed by atoms with E-state index >= 15 is 0 Å². The van der Waals surface area contributed by atoms with Crippen molar-refractivity contribution >= 4 is 5.84 Å². The van der Waals surface area contributed by atoms with E-state index in [1.165, 1.54) is 5.57 Å². The molecule has 0 aliphatic heterocycles. The Kier molecular flexibility index (Phi) is 3.51. The van der Waals surface area contributed by atoms with Crippen molar-refractivity contribution in [1.29, 1.82) is 0 Å². The van der Waals surface area contributed by atoms with Crippen molar-refractivity contribution in [3.05, 3.63) is 37.0 Å². The summed E-state index contributed by atoms with van der Waals surface area (Å²) >= 11 is 0. The molecule has 3 heteroatoms. The van der Waals surface area contributed by atoms with E-state index in [-0.39, 0.29) is 5.92 Å². The van der Waals surface area contributed by atoms with Gasteiger partial charge in [-0.2, -0.15) is 0 Å². The zero-order valence-corrected chi connectivity index (χ0v) is 8.19. The fourth-order valence-corrected chi connectivity index (χ4v) is 1.72. The molecule has 3 N–H and O–H groups in total. The van der Waals surface area contributed by atoms with Gasteiger partial charge >= 0.3 is 0 Å². The van der Waals surface area contributed by atoms with E-state index in [0.717, 1.165) is 12.8 Å². The monoisotopic (exact) mass is 192 g/mol. The van der Waals surface area contributed by atoms with Crippen LogP contribution in [0.15, 0.2) is 42.1 Å². The van der Waals surface area contributed by atoms with E-state index in [1.807, 2.05) is 12.2 Å². The van der Waals surface area contributed by atoms with Gasteiger partial charge in [-0.25, -0.2) is 0 Å². The van der Waals surface area contributed by atoms with Crippen molar-refractivity contribution in [3.63, 3.8) is 0 Å². The highest BCUT2D eigenvalue weighted by molar-refractivity contribution is 5.83. The van der Waals surface area contributed by atoms with E-state index in [0.29, 0.717) is 11.8 Å². The Balaban J connectivity index is 2.51. The van der Waals surface area contributed by atoms with Gasteiger partial charge in [0.15, 0.2) is 0 Å². The molecule has 0 saturated heterocycles. The Bertz CT molecular complexity index is 286. The summed E-state index contributed by atoms with van der Waals surface area (Å²) in [5.41, 5.74) is 6.67. The predicted molar refractivity (Wildman–Crippen MR) is 58.1 cm³/mol. The molecule has 0 aromatic rings. The number of oxime groups is 1. The Morgan fingerprint density at radius 2 is 2.00 bits per heavy atom. The van der Waals surface area contributed by atoms with E-state index in [4.69, 9.17) is 10.9 Å². The lowest BCUT2D eigenvalue weighted by molar-refractivity contribution is 0.275. The summed E-state index contributed by atoms with van der Waals surface area (Å²) in [6.45, 7) is 7.39. The molecule has 1 aliphatic carbocycles.